The van der Waals surface area contributed by atoms with Gasteiger partial charge >= 0.3 is 5.97 Å². The van der Waals surface area contributed by atoms with Crippen LogP contribution in [0.1, 0.15) is 42.0 Å². The second-order valence-electron chi connectivity index (χ2n) is 6.91. The predicted octanol–water partition coefficient (Wildman–Crippen LogP) is 4.52. The summed E-state index contributed by atoms with van der Waals surface area (Å²) in [4.78, 5) is 24.1. The predicted molar refractivity (Wildman–Crippen MR) is 110 cm³/mol. The molecule has 2 aromatic carbocycles. The Morgan fingerprint density at radius 1 is 1.11 bits per heavy atom. The molecule has 0 aromatic heterocycles. The van der Waals surface area contributed by atoms with Gasteiger partial charge in [0.15, 0.2) is 6.61 Å². The zero-order valence-corrected chi connectivity index (χ0v) is 16.6. The van der Waals surface area contributed by atoms with E-state index in [1.54, 1.807) is 6.07 Å². The minimum atomic E-state index is -0.828. The molecular weight excluding hydrogens is 352 g/mol. The Morgan fingerprint density at radius 3 is 2.36 bits per heavy atom. The second kappa shape index (κ2) is 9.52. The number of benzene rings is 2. The van der Waals surface area contributed by atoms with Gasteiger partial charge in [0.2, 0.25) is 0 Å². The fourth-order valence-corrected chi connectivity index (χ4v) is 2.51. The van der Waals surface area contributed by atoms with Gasteiger partial charge in [-0.1, -0.05) is 44.2 Å². The third kappa shape index (κ3) is 5.82. The van der Waals surface area contributed by atoms with E-state index in [-0.39, 0.29) is 5.57 Å². The highest BCUT2D eigenvalue weighted by molar-refractivity contribution is 6.00. The number of nitriles is 1. The number of ether oxygens (including phenoxy) is 1. The summed E-state index contributed by atoms with van der Waals surface area (Å²) in [6.07, 6.45) is 1.45. The molecule has 1 N–H and O–H groups in total. The number of anilines is 1. The Bertz CT molecular complexity index is 935. The van der Waals surface area contributed by atoms with Gasteiger partial charge in [0.1, 0.15) is 11.6 Å². The van der Waals surface area contributed by atoms with Crippen molar-refractivity contribution in [2.45, 2.75) is 33.6 Å². The molecule has 0 atom stereocenters. The third-order valence-corrected chi connectivity index (χ3v) is 4.38. The summed E-state index contributed by atoms with van der Waals surface area (Å²) in [7, 11) is 0. The van der Waals surface area contributed by atoms with E-state index >= 15 is 0 Å². The molecule has 144 valence electrons. The van der Waals surface area contributed by atoms with E-state index in [0.29, 0.717) is 11.6 Å². The maximum atomic E-state index is 12.1. The van der Waals surface area contributed by atoms with Crippen molar-refractivity contribution < 1.29 is 14.3 Å². The van der Waals surface area contributed by atoms with Gasteiger partial charge in [0.25, 0.3) is 5.91 Å². The number of carbonyl (C=O) groups is 2. The van der Waals surface area contributed by atoms with Crippen molar-refractivity contribution in [3.63, 3.8) is 0 Å². The fraction of sp³-hybridized carbons (Fsp3) is 0.261. The molecule has 0 aliphatic heterocycles. The van der Waals surface area contributed by atoms with Crippen molar-refractivity contribution in [1.29, 1.82) is 5.26 Å². The van der Waals surface area contributed by atoms with Crippen LogP contribution in [0.5, 0.6) is 0 Å². The van der Waals surface area contributed by atoms with Crippen molar-refractivity contribution in [3.05, 3.63) is 70.3 Å². The van der Waals surface area contributed by atoms with Crippen molar-refractivity contribution in [2.75, 3.05) is 11.9 Å². The molecule has 5 nitrogen and oxygen atoms in total. The van der Waals surface area contributed by atoms with Gasteiger partial charge in [-0.3, -0.25) is 4.79 Å². The Kier molecular flexibility index (Phi) is 7.11. The van der Waals surface area contributed by atoms with Gasteiger partial charge in [-0.2, -0.15) is 5.26 Å². The van der Waals surface area contributed by atoms with Gasteiger partial charge in [0.05, 0.1) is 0 Å². The first-order valence-electron chi connectivity index (χ1n) is 9.06. The molecule has 0 fully saturated rings. The largest absolute Gasteiger partial charge is 0.451 e. The lowest BCUT2D eigenvalue weighted by molar-refractivity contribution is -0.142. The molecule has 5 heteroatoms. The van der Waals surface area contributed by atoms with Crippen LogP contribution in [0, 0.1) is 25.2 Å². The van der Waals surface area contributed by atoms with Crippen LogP contribution in [-0.4, -0.2) is 18.5 Å². The number of nitrogens with one attached hydrogen (secondary N) is 1. The van der Waals surface area contributed by atoms with Gasteiger partial charge in [0, 0.05) is 5.69 Å². The summed E-state index contributed by atoms with van der Waals surface area (Å²) < 4.78 is 4.98. The first-order valence-corrected chi connectivity index (χ1v) is 9.06. The SMILES string of the molecule is Cc1ccc(NC(=O)COC(=O)/C(C#N)=C/c2ccc(C(C)C)cc2)cc1C. The van der Waals surface area contributed by atoms with E-state index in [0.717, 1.165) is 16.7 Å². The first kappa shape index (κ1) is 20.9. The molecular formula is C23H24N2O3. The van der Waals surface area contributed by atoms with Crippen molar-refractivity contribution in [1.82, 2.24) is 0 Å². The third-order valence-electron chi connectivity index (χ3n) is 4.38. The zero-order chi connectivity index (χ0) is 20.7. The standard InChI is InChI=1S/C23H24N2O3/c1-15(2)19-8-6-18(7-9-19)12-20(13-24)23(27)28-14-22(26)25-21-10-5-16(3)17(4)11-21/h5-12,15H,14H2,1-4H3,(H,25,26)/b20-12+. The molecule has 1 amide bonds. The van der Waals surface area contributed by atoms with Crippen LogP contribution in [-0.2, 0) is 14.3 Å². The lowest BCUT2D eigenvalue weighted by atomic mass is 10.0. The lowest BCUT2D eigenvalue weighted by Gasteiger charge is -2.08. The number of rotatable bonds is 6. The van der Waals surface area contributed by atoms with E-state index < -0.39 is 18.5 Å². The van der Waals surface area contributed by atoms with Crippen LogP contribution in [0.15, 0.2) is 48.0 Å². The smallest absolute Gasteiger partial charge is 0.349 e. The topological polar surface area (TPSA) is 79.2 Å². The van der Waals surface area contributed by atoms with Gasteiger partial charge < -0.3 is 10.1 Å². The molecule has 0 spiro atoms. The minimum Gasteiger partial charge on any atom is -0.451 e. The maximum Gasteiger partial charge on any atom is 0.349 e. The van der Waals surface area contributed by atoms with Crippen molar-refractivity contribution >= 4 is 23.6 Å². The molecule has 0 heterocycles. The molecule has 0 saturated heterocycles. The van der Waals surface area contributed by atoms with E-state index in [1.807, 2.05) is 56.3 Å². The highest BCUT2D eigenvalue weighted by Gasteiger charge is 2.13. The van der Waals surface area contributed by atoms with E-state index in [9.17, 15) is 14.9 Å². The van der Waals surface area contributed by atoms with Gasteiger partial charge in [-0.15, -0.1) is 0 Å². The number of esters is 1. The molecule has 2 aromatic rings. The zero-order valence-electron chi connectivity index (χ0n) is 16.6. The number of nitrogens with zero attached hydrogens (tertiary/aromatic N) is 1. The summed E-state index contributed by atoms with van der Waals surface area (Å²) in [5.41, 5.74) is 4.53. The van der Waals surface area contributed by atoms with E-state index in [1.165, 1.54) is 11.6 Å². The molecule has 0 bridgehead atoms. The Morgan fingerprint density at radius 2 is 1.79 bits per heavy atom. The number of aryl methyl sites for hydroxylation is 2. The van der Waals surface area contributed by atoms with Gasteiger partial charge in [-0.05, 0) is 60.2 Å². The molecule has 28 heavy (non-hydrogen) atoms. The molecule has 0 unspecified atom stereocenters. The highest BCUT2D eigenvalue weighted by atomic mass is 16.5. The molecule has 0 radical (unpaired) electrons. The highest BCUT2D eigenvalue weighted by Crippen LogP contribution is 2.17. The van der Waals surface area contributed by atoms with E-state index in [2.05, 4.69) is 19.2 Å². The van der Waals surface area contributed by atoms with E-state index in [4.69, 9.17) is 4.74 Å². The summed E-state index contributed by atoms with van der Waals surface area (Å²) in [5, 5.41) is 11.9. The first-order chi connectivity index (χ1) is 13.3. The fourth-order valence-electron chi connectivity index (χ4n) is 2.51. The van der Waals surface area contributed by atoms with Gasteiger partial charge in [-0.25, -0.2) is 4.79 Å². The van der Waals surface area contributed by atoms with Crippen molar-refractivity contribution in [2.24, 2.45) is 0 Å². The second-order valence-corrected chi connectivity index (χ2v) is 6.91. The Hall–Kier alpha value is -3.39. The summed E-state index contributed by atoms with van der Waals surface area (Å²) in [6, 6.07) is 14.9. The maximum absolute atomic E-state index is 12.1. The van der Waals surface area contributed by atoms with Crippen LogP contribution in [0.3, 0.4) is 0 Å². The van der Waals surface area contributed by atoms with Crippen molar-refractivity contribution in [3.8, 4) is 6.07 Å². The number of carbonyl (C=O) groups excluding carboxylic acids is 2. The Labute approximate surface area is 165 Å². The summed E-state index contributed by atoms with van der Waals surface area (Å²) in [6.45, 7) is 7.65. The molecule has 0 saturated carbocycles. The average Bonchev–Trinajstić information content (AvgIpc) is 2.67. The Balaban J connectivity index is 1.96. The average molecular weight is 376 g/mol. The molecule has 0 aliphatic rings. The van der Waals surface area contributed by atoms with Crippen LogP contribution < -0.4 is 5.32 Å². The quantitative estimate of drug-likeness (QED) is 0.457. The normalized spacial score (nSPS) is 11.1. The molecule has 0 aliphatic carbocycles. The lowest BCUT2D eigenvalue weighted by Crippen LogP contribution is -2.21. The monoisotopic (exact) mass is 376 g/mol. The number of hydrogen-bond donors (Lipinski definition) is 1. The van der Waals surface area contributed by atoms with Crippen LogP contribution >= 0.6 is 0 Å². The summed E-state index contributed by atoms with van der Waals surface area (Å²) >= 11 is 0. The van der Waals surface area contributed by atoms with Crippen LogP contribution in [0.25, 0.3) is 6.08 Å². The van der Waals surface area contributed by atoms with Crippen LogP contribution in [0.2, 0.25) is 0 Å². The minimum absolute atomic E-state index is 0.156. The molecule has 2 rings (SSSR count). The van der Waals surface area contributed by atoms with Crippen LogP contribution in [0.4, 0.5) is 5.69 Å². The number of hydrogen-bond acceptors (Lipinski definition) is 4. The summed E-state index contributed by atoms with van der Waals surface area (Å²) in [5.74, 6) is -0.893. The number of amides is 1.